The summed E-state index contributed by atoms with van der Waals surface area (Å²) in [5.74, 6) is 1.72. The molecule has 0 atom stereocenters. The maximum atomic E-state index is 12.2. The van der Waals surface area contributed by atoms with Crippen molar-refractivity contribution in [2.24, 2.45) is 5.92 Å². The lowest BCUT2D eigenvalue weighted by molar-refractivity contribution is -0.143. The first-order valence-electron chi connectivity index (χ1n) is 7.06. The van der Waals surface area contributed by atoms with Gasteiger partial charge in [0.2, 0.25) is 0 Å². The molecule has 1 aliphatic heterocycles. The molecular formula is C16H18N2O4. The lowest BCUT2D eigenvalue weighted by atomic mass is 9.97. The minimum absolute atomic E-state index is 0.122. The number of para-hydroxylation sites is 2. The Morgan fingerprint density at radius 1 is 1.36 bits per heavy atom. The quantitative estimate of drug-likeness (QED) is 0.834. The fraction of sp³-hybridized carbons (Fsp3) is 0.375. The van der Waals surface area contributed by atoms with E-state index in [9.17, 15) is 9.59 Å². The van der Waals surface area contributed by atoms with Crippen molar-refractivity contribution in [1.29, 1.82) is 0 Å². The minimum atomic E-state index is -0.798. The van der Waals surface area contributed by atoms with Crippen LogP contribution in [0.5, 0.6) is 5.75 Å². The normalized spacial score (nSPS) is 15.0. The van der Waals surface area contributed by atoms with Gasteiger partial charge in [-0.2, -0.15) is 0 Å². The van der Waals surface area contributed by atoms with Crippen LogP contribution in [0.25, 0.3) is 0 Å². The number of benzene rings is 1. The number of ether oxygens (including phenoxy) is 1. The Hall–Kier alpha value is -2.68. The van der Waals surface area contributed by atoms with Gasteiger partial charge in [0, 0.05) is 13.1 Å². The van der Waals surface area contributed by atoms with E-state index in [1.165, 1.54) is 0 Å². The van der Waals surface area contributed by atoms with Crippen LogP contribution >= 0.6 is 0 Å². The number of hydrogen-bond donors (Lipinski definition) is 2. The van der Waals surface area contributed by atoms with E-state index in [1.807, 2.05) is 0 Å². The molecule has 0 bridgehead atoms. The second kappa shape index (κ2) is 7.36. The molecule has 0 radical (unpaired) electrons. The van der Waals surface area contributed by atoms with Gasteiger partial charge in [-0.05, 0) is 25.0 Å². The van der Waals surface area contributed by atoms with Gasteiger partial charge in [-0.15, -0.1) is 6.42 Å². The van der Waals surface area contributed by atoms with Crippen molar-refractivity contribution in [2.45, 2.75) is 12.8 Å². The van der Waals surface area contributed by atoms with Gasteiger partial charge in [-0.3, -0.25) is 4.79 Å². The van der Waals surface area contributed by atoms with Crippen LogP contribution in [0.3, 0.4) is 0 Å². The highest BCUT2D eigenvalue weighted by Gasteiger charge is 2.27. The molecule has 0 aliphatic carbocycles. The van der Waals surface area contributed by atoms with Crippen molar-refractivity contribution in [3.63, 3.8) is 0 Å². The predicted molar refractivity (Wildman–Crippen MR) is 81.7 cm³/mol. The number of carboxylic acids is 1. The molecule has 2 rings (SSSR count). The van der Waals surface area contributed by atoms with E-state index in [-0.39, 0.29) is 18.6 Å². The van der Waals surface area contributed by atoms with Crippen molar-refractivity contribution in [3.05, 3.63) is 24.3 Å². The average molecular weight is 302 g/mol. The topological polar surface area (TPSA) is 78.9 Å². The van der Waals surface area contributed by atoms with Crippen LogP contribution in [-0.4, -0.2) is 41.7 Å². The predicted octanol–water partition coefficient (Wildman–Crippen LogP) is 2.03. The number of aliphatic carboxylic acids is 1. The SMILES string of the molecule is C#CCOc1ccccc1NC(=O)N1CCC(C(=O)O)CC1. The molecule has 2 N–H and O–H groups in total. The maximum absolute atomic E-state index is 12.2. The summed E-state index contributed by atoms with van der Waals surface area (Å²) < 4.78 is 5.38. The summed E-state index contributed by atoms with van der Waals surface area (Å²) in [5.41, 5.74) is 0.545. The molecule has 1 aromatic rings. The van der Waals surface area contributed by atoms with Gasteiger partial charge in [-0.1, -0.05) is 18.1 Å². The third-order valence-electron chi connectivity index (χ3n) is 3.57. The van der Waals surface area contributed by atoms with Gasteiger partial charge in [-0.25, -0.2) is 4.79 Å². The van der Waals surface area contributed by atoms with E-state index in [1.54, 1.807) is 29.2 Å². The molecule has 1 saturated heterocycles. The Kier molecular flexibility index (Phi) is 5.26. The van der Waals surface area contributed by atoms with Gasteiger partial charge in [0.1, 0.15) is 12.4 Å². The number of piperidine rings is 1. The summed E-state index contributed by atoms with van der Waals surface area (Å²) in [7, 11) is 0. The van der Waals surface area contributed by atoms with E-state index in [2.05, 4.69) is 11.2 Å². The molecule has 0 saturated carbocycles. The Morgan fingerprint density at radius 3 is 2.68 bits per heavy atom. The molecule has 0 unspecified atom stereocenters. The van der Waals surface area contributed by atoms with Gasteiger partial charge in [0.25, 0.3) is 0 Å². The van der Waals surface area contributed by atoms with Crippen LogP contribution in [0, 0.1) is 18.3 Å². The summed E-state index contributed by atoms with van der Waals surface area (Å²) >= 11 is 0. The Labute approximate surface area is 129 Å². The Bertz CT molecular complexity index is 586. The highest BCUT2D eigenvalue weighted by atomic mass is 16.5. The van der Waals surface area contributed by atoms with Crippen LogP contribution in [-0.2, 0) is 4.79 Å². The second-order valence-electron chi connectivity index (χ2n) is 5.02. The zero-order chi connectivity index (χ0) is 15.9. The number of amides is 2. The number of rotatable bonds is 4. The van der Waals surface area contributed by atoms with Crippen molar-refractivity contribution in [3.8, 4) is 18.1 Å². The minimum Gasteiger partial charge on any atom is -0.481 e. The first-order chi connectivity index (χ1) is 10.6. The van der Waals surface area contributed by atoms with Crippen molar-refractivity contribution in [2.75, 3.05) is 25.0 Å². The number of carbonyl (C=O) groups is 2. The van der Waals surface area contributed by atoms with Crippen LogP contribution in [0.1, 0.15) is 12.8 Å². The highest BCUT2D eigenvalue weighted by molar-refractivity contribution is 5.91. The lowest BCUT2D eigenvalue weighted by Gasteiger charge is -2.30. The molecule has 2 amide bonds. The number of carbonyl (C=O) groups excluding carboxylic acids is 1. The van der Waals surface area contributed by atoms with E-state index in [4.69, 9.17) is 16.3 Å². The molecule has 22 heavy (non-hydrogen) atoms. The zero-order valence-electron chi connectivity index (χ0n) is 12.1. The number of likely N-dealkylation sites (tertiary alicyclic amines) is 1. The molecule has 6 heteroatoms. The largest absolute Gasteiger partial charge is 0.481 e. The smallest absolute Gasteiger partial charge is 0.321 e. The molecule has 0 aromatic heterocycles. The van der Waals surface area contributed by atoms with E-state index in [0.29, 0.717) is 37.4 Å². The Morgan fingerprint density at radius 2 is 2.05 bits per heavy atom. The van der Waals surface area contributed by atoms with Gasteiger partial charge < -0.3 is 20.1 Å². The maximum Gasteiger partial charge on any atom is 0.321 e. The summed E-state index contributed by atoms with van der Waals surface area (Å²) in [5, 5.41) is 11.7. The first kappa shape index (κ1) is 15.7. The number of anilines is 1. The van der Waals surface area contributed by atoms with Crippen LogP contribution in [0.4, 0.5) is 10.5 Å². The summed E-state index contributed by atoms with van der Waals surface area (Å²) in [4.78, 5) is 24.8. The fourth-order valence-corrected chi connectivity index (χ4v) is 2.34. The van der Waals surface area contributed by atoms with E-state index < -0.39 is 5.97 Å². The molecule has 6 nitrogen and oxygen atoms in total. The molecular weight excluding hydrogens is 284 g/mol. The number of hydrogen-bond acceptors (Lipinski definition) is 3. The van der Waals surface area contributed by atoms with Crippen LogP contribution in [0.2, 0.25) is 0 Å². The molecule has 1 fully saturated rings. The highest BCUT2D eigenvalue weighted by Crippen LogP contribution is 2.25. The van der Waals surface area contributed by atoms with E-state index >= 15 is 0 Å². The van der Waals surface area contributed by atoms with Crippen LogP contribution < -0.4 is 10.1 Å². The Balaban J connectivity index is 1.95. The number of urea groups is 1. The fourth-order valence-electron chi connectivity index (χ4n) is 2.34. The number of carboxylic acid groups (broad SMARTS) is 1. The number of nitrogens with zero attached hydrogens (tertiary/aromatic N) is 1. The van der Waals surface area contributed by atoms with Gasteiger partial charge >= 0.3 is 12.0 Å². The zero-order valence-corrected chi connectivity index (χ0v) is 12.1. The van der Waals surface area contributed by atoms with Crippen molar-refractivity contribution < 1.29 is 19.4 Å². The monoisotopic (exact) mass is 302 g/mol. The van der Waals surface area contributed by atoms with E-state index in [0.717, 1.165) is 0 Å². The van der Waals surface area contributed by atoms with Crippen molar-refractivity contribution >= 4 is 17.7 Å². The first-order valence-corrected chi connectivity index (χ1v) is 7.06. The number of terminal acetylenes is 1. The molecule has 1 heterocycles. The third-order valence-corrected chi connectivity index (χ3v) is 3.57. The molecule has 1 aromatic carbocycles. The lowest BCUT2D eigenvalue weighted by Crippen LogP contribution is -2.42. The second-order valence-corrected chi connectivity index (χ2v) is 5.02. The summed E-state index contributed by atoms with van der Waals surface area (Å²) in [6, 6.07) is 6.77. The molecule has 116 valence electrons. The number of nitrogens with one attached hydrogen (secondary N) is 1. The van der Waals surface area contributed by atoms with Crippen LogP contribution in [0.15, 0.2) is 24.3 Å². The summed E-state index contributed by atoms with van der Waals surface area (Å²) in [6.07, 6.45) is 6.10. The molecule has 1 aliphatic rings. The molecule has 0 spiro atoms. The average Bonchev–Trinajstić information content (AvgIpc) is 2.54. The summed E-state index contributed by atoms with van der Waals surface area (Å²) in [6.45, 7) is 0.975. The van der Waals surface area contributed by atoms with Gasteiger partial charge in [0.15, 0.2) is 0 Å². The standard InChI is InChI=1S/C16H18N2O4/c1-2-11-22-14-6-4-3-5-13(14)17-16(21)18-9-7-12(8-10-18)15(19)20/h1,3-6,12H,7-11H2,(H,17,21)(H,19,20). The van der Waals surface area contributed by atoms with Gasteiger partial charge in [0.05, 0.1) is 11.6 Å². The third kappa shape index (κ3) is 3.92. The van der Waals surface area contributed by atoms with Crippen molar-refractivity contribution in [1.82, 2.24) is 4.90 Å².